The van der Waals surface area contributed by atoms with Gasteiger partial charge < -0.3 is 4.57 Å². The van der Waals surface area contributed by atoms with Crippen molar-refractivity contribution in [2.45, 2.75) is 27.3 Å². The van der Waals surface area contributed by atoms with E-state index >= 15 is 0 Å². The molecule has 3 nitrogen and oxygen atoms in total. The highest BCUT2D eigenvalue weighted by molar-refractivity contribution is 7.15. The fourth-order valence-electron chi connectivity index (χ4n) is 2.39. The van der Waals surface area contributed by atoms with Crippen LogP contribution in [0.25, 0.3) is 21.8 Å². The molecule has 4 heteroatoms. The minimum absolute atomic E-state index is 0.615. The van der Waals surface area contributed by atoms with E-state index < -0.39 is 0 Å². The molecular formula is C17H19N3S. The zero-order valence-electron chi connectivity index (χ0n) is 12.6. The number of hydrogen-bond acceptors (Lipinski definition) is 3. The Hall–Kier alpha value is -1.94. The van der Waals surface area contributed by atoms with Gasteiger partial charge in [0.15, 0.2) is 0 Å². The van der Waals surface area contributed by atoms with Crippen LogP contribution < -0.4 is 0 Å². The molecule has 0 N–H and O–H groups in total. The van der Waals surface area contributed by atoms with Crippen molar-refractivity contribution in [1.29, 1.82) is 0 Å². The zero-order valence-corrected chi connectivity index (χ0v) is 13.4. The van der Waals surface area contributed by atoms with Crippen LogP contribution in [0.2, 0.25) is 0 Å². The number of nitrogens with zero attached hydrogens (tertiary/aromatic N) is 3. The zero-order chi connectivity index (χ0) is 14.8. The standard InChI is InChI=1S/C17H19N3S/c1-12(2)9-20-10-15(18-11-20)17-16(19-13(3)21-17)14-7-5-4-6-8-14/h4-8,10-12H,9H2,1-3H3. The number of imidazole rings is 1. The van der Waals surface area contributed by atoms with E-state index in [2.05, 4.69) is 41.7 Å². The van der Waals surface area contributed by atoms with Crippen LogP contribution >= 0.6 is 11.3 Å². The Morgan fingerprint density at radius 3 is 2.67 bits per heavy atom. The van der Waals surface area contributed by atoms with Crippen molar-refractivity contribution < 1.29 is 0 Å². The number of aryl methyl sites for hydroxylation is 1. The Morgan fingerprint density at radius 2 is 1.95 bits per heavy atom. The lowest BCUT2D eigenvalue weighted by atomic mass is 10.1. The summed E-state index contributed by atoms with van der Waals surface area (Å²) in [5.74, 6) is 0.615. The molecule has 0 spiro atoms. The lowest BCUT2D eigenvalue weighted by molar-refractivity contribution is 0.523. The first-order chi connectivity index (χ1) is 10.1. The van der Waals surface area contributed by atoms with Gasteiger partial charge in [0.2, 0.25) is 0 Å². The third kappa shape index (κ3) is 3.05. The van der Waals surface area contributed by atoms with Gasteiger partial charge in [0, 0.05) is 18.3 Å². The second-order valence-electron chi connectivity index (χ2n) is 5.63. The summed E-state index contributed by atoms with van der Waals surface area (Å²) in [7, 11) is 0. The summed E-state index contributed by atoms with van der Waals surface area (Å²) in [4.78, 5) is 10.4. The topological polar surface area (TPSA) is 30.7 Å². The van der Waals surface area contributed by atoms with Crippen LogP contribution in [0.1, 0.15) is 18.9 Å². The van der Waals surface area contributed by atoms with Crippen LogP contribution in [0.15, 0.2) is 42.9 Å². The normalized spacial score (nSPS) is 11.2. The molecule has 0 radical (unpaired) electrons. The summed E-state index contributed by atoms with van der Waals surface area (Å²) in [6.45, 7) is 7.47. The first-order valence-corrected chi connectivity index (χ1v) is 8.00. The van der Waals surface area contributed by atoms with Gasteiger partial charge in [0.25, 0.3) is 0 Å². The van der Waals surface area contributed by atoms with Crippen LogP contribution in [0.3, 0.4) is 0 Å². The lowest BCUT2D eigenvalue weighted by Crippen LogP contribution is -2.00. The molecule has 108 valence electrons. The van der Waals surface area contributed by atoms with E-state index in [0.717, 1.165) is 33.4 Å². The van der Waals surface area contributed by atoms with E-state index in [9.17, 15) is 0 Å². The molecule has 0 aliphatic carbocycles. The van der Waals surface area contributed by atoms with Crippen molar-refractivity contribution in [2.24, 2.45) is 5.92 Å². The second-order valence-corrected chi connectivity index (χ2v) is 6.83. The second kappa shape index (κ2) is 5.82. The van der Waals surface area contributed by atoms with Crippen LogP contribution in [0.4, 0.5) is 0 Å². The van der Waals surface area contributed by atoms with E-state index in [0.29, 0.717) is 5.92 Å². The molecule has 2 aromatic heterocycles. The van der Waals surface area contributed by atoms with Gasteiger partial charge in [-0.15, -0.1) is 11.3 Å². The third-order valence-electron chi connectivity index (χ3n) is 3.22. The average molecular weight is 297 g/mol. The minimum Gasteiger partial charge on any atom is -0.337 e. The average Bonchev–Trinajstić information content (AvgIpc) is 3.05. The monoisotopic (exact) mass is 297 g/mol. The smallest absolute Gasteiger partial charge is 0.100 e. The van der Waals surface area contributed by atoms with Crippen molar-refractivity contribution in [3.63, 3.8) is 0 Å². The molecule has 0 saturated heterocycles. The molecule has 3 aromatic rings. The number of hydrogen-bond donors (Lipinski definition) is 0. The SMILES string of the molecule is Cc1nc(-c2ccccc2)c(-c2cn(CC(C)C)cn2)s1. The third-order valence-corrected chi connectivity index (χ3v) is 4.22. The van der Waals surface area contributed by atoms with Gasteiger partial charge in [-0.3, -0.25) is 0 Å². The predicted octanol–water partition coefficient (Wildman–Crippen LogP) is 4.64. The molecule has 0 aliphatic rings. The van der Waals surface area contributed by atoms with Gasteiger partial charge in [0.1, 0.15) is 5.69 Å². The Balaban J connectivity index is 2.01. The Kier molecular flexibility index (Phi) is 3.88. The van der Waals surface area contributed by atoms with Gasteiger partial charge in [-0.2, -0.15) is 0 Å². The van der Waals surface area contributed by atoms with E-state index in [1.165, 1.54) is 0 Å². The highest BCUT2D eigenvalue weighted by Crippen LogP contribution is 2.35. The highest BCUT2D eigenvalue weighted by Gasteiger charge is 2.15. The van der Waals surface area contributed by atoms with Gasteiger partial charge in [0.05, 0.1) is 21.9 Å². The van der Waals surface area contributed by atoms with Crippen LogP contribution in [0, 0.1) is 12.8 Å². The largest absolute Gasteiger partial charge is 0.337 e. The van der Waals surface area contributed by atoms with Crippen molar-refractivity contribution in [3.8, 4) is 21.8 Å². The van der Waals surface area contributed by atoms with Gasteiger partial charge in [-0.1, -0.05) is 44.2 Å². The maximum absolute atomic E-state index is 4.70. The minimum atomic E-state index is 0.615. The maximum Gasteiger partial charge on any atom is 0.100 e. The summed E-state index contributed by atoms with van der Waals surface area (Å²) in [5, 5.41) is 1.07. The molecule has 3 rings (SSSR count). The molecular weight excluding hydrogens is 278 g/mol. The number of benzene rings is 1. The summed E-state index contributed by atoms with van der Waals surface area (Å²) < 4.78 is 2.16. The first kappa shape index (κ1) is 14.0. The lowest BCUT2D eigenvalue weighted by Gasteiger charge is -2.04. The highest BCUT2D eigenvalue weighted by atomic mass is 32.1. The Morgan fingerprint density at radius 1 is 1.19 bits per heavy atom. The van der Waals surface area contributed by atoms with Crippen molar-refractivity contribution in [1.82, 2.24) is 14.5 Å². The van der Waals surface area contributed by atoms with Crippen LogP contribution in [0.5, 0.6) is 0 Å². The van der Waals surface area contributed by atoms with E-state index in [4.69, 9.17) is 4.98 Å². The summed E-state index contributed by atoms with van der Waals surface area (Å²) in [6, 6.07) is 10.3. The van der Waals surface area contributed by atoms with E-state index in [1.807, 2.05) is 31.5 Å². The van der Waals surface area contributed by atoms with Crippen molar-refractivity contribution in [2.75, 3.05) is 0 Å². The summed E-state index contributed by atoms with van der Waals surface area (Å²) in [6.07, 6.45) is 4.04. The molecule has 0 amide bonds. The molecule has 0 atom stereocenters. The molecule has 0 fully saturated rings. The fraction of sp³-hybridized carbons (Fsp3) is 0.294. The number of aromatic nitrogens is 3. The fourth-order valence-corrected chi connectivity index (χ4v) is 3.29. The quantitative estimate of drug-likeness (QED) is 0.702. The van der Waals surface area contributed by atoms with Crippen molar-refractivity contribution >= 4 is 11.3 Å². The maximum atomic E-state index is 4.70. The summed E-state index contributed by atoms with van der Waals surface area (Å²) >= 11 is 1.71. The predicted molar refractivity (Wildman–Crippen MR) is 88.3 cm³/mol. The molecule has 0 aliphatic heterocycles. The van der Waals surface area contributed by atoms with Gasteiger partial charge in [-0.05, 0) is 12.8 Å². The van der Waals surface area contributed by atoms with E-state index in [-0.39, 0.29) is 0 Å². The Bertz CT molecular complexity index is 726. The van der Waals surface area contributed by atoms with Crippen LogP contribution in [-0.2, 0) is 6.54 Å². The summed E-state index contributed by atoms with van der Waals surface area (Å²) in [5.41, 5.74) is 3.20. The van der Waals surface area contributed by atoms with Crippen LogP contribution in [-0.4, -0.2) is 14.5 Å². The van der Waals surface area contributed by atoms with Crippen molar-refractivity contribution in [3.05, 3.63) is 47.9 Å². The van der Waals surface area contributed by atoms with E-state index in [1.54, 1.807) is 11.3 Å². The van der Waals surface area contributed by atoms with Gasteiger partial charge in [-0.25, -0.2) is 9.97 Å². The first-order valence-electron chi connectivity index (χ1n) is 7.18. The Labute approximate surface area is 129 Å². The molecule has 2 heterocycles. The molecule has 0 bridgehead atoms. The van der Waals surface area contributed by atoms with Gasteiger partial charge >= 0.3 is 0 Å². The number of rotatable bonds is 4. The molecule has 21 heavy (non-hydrogen) atoms. The number of thiazole rings is 1. The molecule has 0 saturated carbocycles. The molecule has 0 unspecified atom stereocenters. The molecule has 1 aromatic carbocycles.